The summed E-state index contributed by atoms with van der Waals surface area (Å²) in [4.78, 5) is -0.226. The van der Waals surface area contributed by atoms with Crippen LogP contribution < -0.4 is 0 Å². The van der Waals surface area contributed by atoms with Crippen LogP contribution in [-0.2, 0) is 10.1 Å². The van der Waals surface area contributed by atoms with Crippen LogP contribution in [0.1, 0.15) is 0 Å². The Morgan fingerprint density at radius 2 is 1.27 bits per heavy atom. The summed E-state index contributed by atoms with van der Waals surface area (Å²) in [5, 5.41) is 6.89. The van der Waals surface area contributed by atoms with Gasteiger partial charge in [0.15, 0.2) is 0 Å². The van der Waals surface area contributed by atoms with E-state index in [2.05, 4.69) is 0 Å². The van der Waals surface area contributed by atoms with Crippen molar-refractivity contribution >= 4 is 116 Å². The van der Waals surface area contributed by atoms with Gasteiger partial charge >= 0.3 is 51.4 Å². The topological polar surface area (TPSA) is 54.4 Å². The number of rotatable bonds is 1. The zero-order chi connectivity index (χ0) is 17.3. The van der Waals surface area contributed by atoms with E-state index in [-0.39, 0.29) is 61.3 Å². The number of halogens is 1. The van der Waals surface area contributed by atoms with Gasteiger partial charge < -0.3 is 0 Å². The van der Waals surface area contributed by atoms with E-state index in [4.69, 9.17) is 11.6 Å². The van der Waals surface area contributed by atoms with Crippen LogP contribution in [0.2, 0.25) is 5.02 Å². The summed E-state index contributed by atoms with van der Waals surface area (Å²) in [6.07, 6.45) is 0. The van der Waals surface area contributed by atoms with Crippen molar-refractivity contribution in [1.82, 2.24) is 0 Å². The van der Waals surface area contributed by atoms with Crippen LogP contribution in [0.3, 0.4) is 0 Å². The minimum absolute atomic E-state index is 0. The minimum atomic E-state index is -4.48. The van der Waals surface area contributed by atoms with Crippen LogP contribution in [0.5, 0.6) is 0 Å². The summed E-state index contributed by atoms with van der Waals surface area (Å²) in [6.45, 7) is 0. The Balaban J connectivity index is 0.00000168. The van der Waals surface area contributed by atoms with Crippen molar-refractivity contribution in [1.29, 1.82) is 0 Å². The molecule has 5 aromatic rings. The van der Waals surface area contributed by atoms with E-state index in [0.717, 1.165) is 37.7 Å². The maximum atomic E-state index is 12.1. The van der Waals surface area contributed by atoms with Gasteiger partial charge in [-0.3, -0.25) is 4.55 Å². The molecule has 0 aliphatic rings. The van der Waals surface area contributed by atoms with Crippen molar-refractivity contribution in [3.05, 3.63) is 65.7 Å². The van der Waals surface area contributed by atoms with Crippen LogP contribution in [0.15, 0.2) is 65.6 Å². The first-order chi connectivity index (χ1) is 12.0. The van der Waals surface area contributed by atoms with E-state index in [0.29, 0.717) is 5.39 Å². The van der Waals surface area contributed by atoms with Crippen molar-refractivity contribution in [2.45, 2.75) is 4.90 Å². The van der Waals surface area contributed by atoms with Gasteiger partial charge in [0.2, 0.25) is 0 Å². The third kappa shape index (κ3) is 2.54. The van der Waals surface area contributed by atoms with E-state index in [1.54, 1.807) is 6.07 Å². The second-order valence-corrected chi connectivity index (χ2v) is 7.92. The molecular formula is C20H12ClKO3S. The molecule has 124 valence electrons. The van der Waals surface area contributed by atoms with Gasteiger partial charge in [0.25, 0.3) is 10.1 Å². The van der Waals surface area contributed by atoms with E-state index in [9.17, 15) is 13.0 Å². The van der Waals surface area contributed by atoms with Gasteiger partial charge in [-0.15, -0.1) is 0 Å². The van der Waals surface area contributed by atoms with E-state index < -0.39 is 10.1 Å². The summed E-state index contributed by atoms with van der Waals surface area (Å²) in [6, 6.07) is 19.2. The summed E-state index contributed by atoms with van der Waals surface area (Å²) in [5.41, 5.74) is 0. The predicted octanol–water partition coefficient (Wildman–Crippen LogP) is 4.99. The average Bonchev–Trinajstić information content (AvgIpc) is 2.57. The number of hydrogen-bond acceptors (Lipinski definition) is 2. The zero-order valence-electron chi connectivity index (χ0n) is 12.8. The summed E-state index contributed by atoms with van der Waals surface area (Å²) >= 11 is 6.27. The Morgan fingerprint density at radius 1 is 0.731 bits per heavy atom. The first kappa shape index (κ1) is 18.6. The van der Waals surface area contributed by atoms with Gasteiger partial charge in [0, 0.05) is 5.39 Å². The van der Waals surface area contributed by atoms with Gasteiger partial charge in [-0.25, -0.2) is 0 Å². The van der Waals surface area contributed by atoms with Gasteiger partial charge in [0.05, 0.1) is 5.02 Å². The van der Waals surface area contributed by atoms with Crippen LogP contribution in [0, 0.1) is 0 Å². The molecule has 0 heterocycles. The monoisotopic (exact) mass is 406 g/mol. The van der Waals surface area contributed by atoms with Crippen LogP contribution in [0.4, 0.5) is 0 Å². The first-order valence-electron chi connectivity index (χ1n) is 7.72. The second kappa shape index (κ2) is 6.39. The number of hydrogen-bond donors (Lipinski definition) is 1. The fraction of sp³-hybridized carbons (Fsp3) is 0. The quantitative estimate of drug-likeness (QED) is 0.185. The van der Waals surface area contributed by atoms with Crippen molar-refractivity contribution in [2.24, 2.45) is 0 Å². The first-order valence-corrected chi connectivity index (χ1v) is 9.54. The molecule has 6 heteroatoms. The molecule has 0 atom stereocenters. The molecule has 0 bridgehead atoms. The Morgan fingerprint density at radius 3 is 1.88 bits per heavy atom. The molecule has 0 aliphatic heterocycles. The van der Waals surface area contributed by atoms with Crippen LogP contribution in [0.25, 0.3) is 43.1 Å². The third-order valence-corrected chi connectivity index (χ3v) is 6.15. The SMILES string of the molecule is O=S(=O)(O)c1c(Cl)cc2cccc3c4cccc5cccc(c1c23)c54.[KH]. The normalized spacial score (nSPS) is 12.2. The molecule has 0 saturated carbocycles. The van der Waals surface area contributed by atoms with Crippen LogP contribution in [-0.4, -0.2) is 64.4 Å². The Labute approximate surface area is 197 Å². The predicted molar refractivity (Wildman–Crippen MR) is 110 cm³/mol. The molecule has 26 heavy (non-hydrogen) atoms. The summed E-state index contributed by atoms with van der Waals surface area (Å²) in [5.74, 6) is 0. The summed E-state index contributed by atoms with van der Waals surface area (Å²) < 4.78 is 34.1. The average molecular weight is 407 g/mol. The van der Waals surface area contributed by atoms with Gasteiger partial charge in [-0.2, -0.15) is 8.42 Å². The molecule has 0 spiro atoms. The van der Waals surface area contributed by atoms with Gasteiger partial charge in [-0.05, 0) is 43.8 Å². The van der Waals surface area contributed by atoms with E-state index in [1.807, 2.05) is 54.6 Å². The molecule has 0 radical (unpaired) electrons. The second-order valence-electron chi connectivity index (χ2n) is 6.15. The molecule has 0 amide bonds. The molecule has 3 nitrogen and oxygen atoms in total. The van der Waals surface area contributed by atoms with E-state index in [1.165, 1.54) is 0 Å². The van der Waals surface area contributed by atoms with Gasteiger partial charge in [-0.1, -0.05) is 66.2 Å². The van der Waals surface area contributed by atoms with Crippen molar-refractivity contribution in [3.8, 4) is 0 Å². The van der Waals surface area contributed by atoms with Crippen molar-refractivity contribution in [2.75, 3.05) is 0 Å². The number of fused-ring (bicyclic) bond motifs is 2. The molecular weight excluding hydrogens is 395 g/mol. The van der Waals surface area contributed by atoms with Gasteiger partial charge in [0.1, 0.15) is 4.90 Å². The molecule has 0 unspecified atom stereocenters. The van der Waals surface area contributed by atoms with E-state index >= 15 is 0 Å². The zero-order valence-corrected chi connectivity index (χ0v) is 14.4. The molecule has 0 saturated heterocycles. The number of benzene rings is 5. The molecule has 0 aliphatic carbocycles. The van der Waals surface area contributed by atoms with Crippen molar-refractivity contribution < 1.29 is 13.0 Å². The molecule has 0 fully saturated rings. The molecule has 1 N–H and O–H groups in total. The maximum absolute atomic E-state index is 12.1. The summed E-state index contributed by atoms with van der Waals surface area (Å²) in [7, 11) is -4.48. The molecule has 5 rings (SSSR count). The molecule has 0 aromatic heterocycles. The fourth-order valence-corrected chi connectivity index (χ4v) is 5.19. The Kier molecular flexibility index (Phi) is 4.57. The third-order valence-electron chi connectivity index (χ3n) is 4.80. The standard InChI is InChI=1S/C20H11ClO3S.K.H/c21-16-10-12-6-3-8-14-13-7-1-4-11-5-2-9-15(17(11)13)19(18(12)14)20(16)25(22,23)24;;/h1-10H,(H,22,23,24);;. The fourth-order valence-electron chi connectivity index (χ4n) is 3.91. The Hall–Kier alpha value is -0.764. The van der Waals surface area contributed by atoms with Crippen LogP contribution >= 0.6 is 11.6 Å². The Bertz CT molecular complexity index is 1420. The molecule has 5 aromatic carbocycles. The van der Waals surface area contributed by atoms with Crippen molar-refractivity contribution in [3.63, 3.8) is 0 Å².